The fourth-order valence-corrected chi connectivity index (χ4v) is 5.63. The fraction of sp³-hybridized carbons (Fsp3) is 0.478. The first-order valence-electron chi connectivity index (χ1n) is 10.2. The summed E-state index contributed by atoms with van der Waals surface area (Å²) in [6, 6.07) is 19.0. The summed E-state index contributed by atoms with van der Waals surface area (Å²) in [5.74, 6) is -0.916. The Bertz CT molecular complexity index is 929. The molecule has 0 amide bonds. The third kappa shape index (κ3) is 5.28. The predicted molar refractivity (Wildman–Crippen MR) is 113 cm³/mol. The highest BCUT2D eigenvalue weighted by Crippen LogP contribution is 2.39. The topological polar surface area (TPSA) is 71.1 Å². The Hall–Kier alpha value is -1.77. The highest BCUT2D eigenvalue weighted by atomic mass is 32.2. The van der Waals surface area contributed by atoms with Crippen molar-refractivity contribution in [3.63, 3.8) is 0 Å². The zero-order valence-corrected chi connectivity index (χ0v) is 18.1. The predicted octanol–water partition coefficient (Wildman–Crippen LogP) is 3.11. The van der Waals surface area contributed by atoms with Gasteiger partial charge >= 0.3 is 0 Å². The molecule has 4 rings (SSSR count). The van der Waals surface area contributed by atoms with Crippen molar-refractivity contribution in [3.8, 4) is 0 Å². The number of rotatable bonds is 8. The van der Waals surface area contributed by atoms with Crippen molar-refractivity contribution < 1.29 is 27.4 Å². The first-order valence-corrected chi connectivity index (χ1v) is 12.0. The zero-order chi connectivity index (χ0) is 21.2. The molecule has 2 aliphatic heterocycles. The molecule has 0 bridgehead atoms. The molecule has 0 radical (unpaired) electrons. The highest BCUT2D eigenvalue weighted by molar-refractivity contribution is 7.90. The van der Waals surface area contributed by atoms with Crippen LogP contribution in [0.1, 0.15) is 25.0 Å². The van der Waals surface area contributed by atoms with Gasteiger partial charge in [-0.3, -0.25) is 0 Å². The number of hydrogen-bond acceptors (Lipinski definition) is 6. The van der Waals surface area contributed by atoms with E-state index in [-0.39, 0.29) is 23.7 Å². The van der Waals surface area contributed by atoms with Crippen LogP contribution >= 0.6 is 0 Å². The Morgan fingerprint density at radius 3 is 2.07 bits per heavy atom. The quantitative estimate of drug-likeness (QED) is 0.638. The van der Waals surface area contributed by atoms with Crippen LogP contribution in [0.2, 0.25) is 0 Å². The second-order valence-corrected chi connectivity index (χ2v) is 10.4. The molecule has 0 saturated carbocycles. The van der Waals surface area contributed by atoms with E-state index in [1.165, 1.54) is 0 Å². The molecule has 2 aromatic rings. The van der Waals surface area contributed by atoms with Gasteiger partial charge in [0.25, 0.3) is 0 Å². The normalized spacial score (nSPS) is 27.8. The van der Waals surface area contributed by atoms with Crippen molar-refractivity contribution in [2.75, 3.05) is 12.4 Å². The van der Waals surface area contributed by atoms with E-state index in [0.717, 1.165) is 11.1 Å². The van der Waals surface area contributed by atoms with Crippen molar-refractivity contribution in [1.82, 2.24) is 0 Å². The summed E-state index contributed by atoms with van der Waals surface area (Å²) in [4.78, 5) is 0. The summed E-state index contributed by atoms with van der Waals surface area (Å²) >= 11 is 0. The fourth-order valence-electron chi connectivity index (χ4n) is 4.04. The molecule has 4 atom stereocenters. The van der Waals surface area contributed by atoms with Gasteiger partial charge in [-0.25, -0.2) is 8.42 Å². The maximum absolute atomic E-state index is 12.8. The lowest BCUT2D eigenvalue weighted by atomic mass is 10.1. The Balaban J connectivity index is 1.40. The molecule has 7 heteroatoms. The molecule has 0 aromatic heterocycles. The van der Waals surface area contributed by atoms with E-state index in [0.29, 0.717) is 13.2 Å². The maximum atomic E-state index is 12.8. The van der Waals surface area contributed by atoms with Crippen molar-refractivity contribution in [2.45, 2.75) is 56.4 Å². The Kier molecular flexibility index (Phi) is 6.27. The summed E-state index contributed by atoms with van der Waals surface area (Å²) < 4.78 is 49.6. The minimum Gasteiger partial charge on any atom is -0.374 e. The monoisotopic (exact) mass is 432 g/mol. The molecule has 0 N–H and O–H groups in total. The van der Waals surface area contributed by atoms with Crippen LogP contribution in [0, 0.1) is 0 Å². The van der Waals surface area contributed by atoms with Gasteiger partial charge in [0.15, 0.2) is 15.6 Å². The van der Waals surface area contributed by atoms with Gasteiger partial charge in [-0.1, -0.05) is 60.7 Å². The van der Waals surface area contributed by atoms with Crippen LogP contribution < -0.4 is 0 Å². The summed E-state index contributed by atoms with van der Waals surface area (Å²) in [7, 11) is -3.38. The number of hydrogen-bond donors (Lipinski definition) is 0. The van der Waals surface area contributed by atoms with Crippen LogP contribution in [-0.2, 0) is 41.1 Å². The molecule has 2 saturated heterocycles. The van der Waals surface area contributed by atoms with Crippen LogP contribution in [0.3, 0.4) is 0 Å². The van der Waals surface area contributed by atoms with Gasteiger partial charge in [-0.05, 0) is 25.0 Å². The van der Waals surface area contributed by atoms with Gasteiger partial charge in [0, 0.05) is 0 Å². The number of benzene rings is 2. The van der Waals surface area contributed by atoms with E-state index in [2.05, 4.69) is 0 Å². The van der Waals surface area contributed by atoms with E-state index in [9.17, 15) is 8.42 Å². The second-order valence-electron chi connectivity index (χ2n) is 8.32. The van der Waals surface area contributed by atoms with Crippen molar-refractivity contribution in [1.29, 1.82) is 0 Å². The molecule has 6 nitrogen and oxygen atoms in total. The average molecular weight is 433 g/mol. The van der Waals surface area contributed by atoms with Gasteiger partial charge in [0.05, 0.1) is 24.7 Å². The Morgan fingerprint density at radius 1 is 0.867 bits per heavy atom. The van der Waals surface area contributed by atoms with E-state index in [1.54, 1.807) is 0 Å². The average Bonchev–Trinajstić information content (AvgIpc) is 3.17. The number of ether oxygens (including phenoxy) is 4. The first kappa shape index (κ1) is 21.5. The van der Waals surface area contributed by atoms with Gasteiger partial charge in [0.1, 0.15) is 24.4 Å². The summed E-state index contributed by atoms with van der Waals surface area (Å²) in [6.45, 7) is 4.44. The number of fused-ring (bicyclic) bond motifs is 1. The van der Waals surface area contributed by atoms with E-state index in [1.807, 2.05) is 74.5 Å². The molecule has 30 heavy (non-hydrogen) atoms. The third-order valence-corrected chi connectivity index (χ3v) is 6.90. The van der Waals surface area contributed by atoms with Gasteiger partial charge in [-0.15, -0.1) is 0 Å². The minimum absolute atomic E-state index is 0.0233. The maximum Gasteiger partial charge on any atom is 0.164 e. The zero-order valence-electron chi connectivity index (χ0n) is 17.3. The molecule has 2 fully saturated rings. The molecule has 2 aromatic carbocycles. The van der Waals surface area contributed by atoms with Gasteiger partial charge < -0.3 is 18.9 Å². The van der Waals surface area contributed by atoms with Crippen LogP contribution in [0.5, 0.6) is 0 Å². The van der Waals surface area contributed by atoms with Crippen LogP contribution in [0.4, 0.5) is 0 Å². The molecule has 2 heterocycles. The molecule has 162 valence electrons. The molecule has 2 aliphatic rings. The molecular weight excluding hydrogens is 404 g/mol. The Morgan fingerprint density at radius 2 is 1.43 bits per heavy atom. The molecule has 0 aliphatic carbocycles. The third-order valence-electron chi connectivity index (χ3n) is 5.29. The summed E-state index contributed by atoms with van der Waals surface area (Å²) in [5, 5.41) is 0. The lowest BCUT2D eigenvalue weighted by Gasteiger charge is -2.24. The van der Waals surface area contributed by atoms with Crippen molar-refractivity contribution >= 4 is 9.84 Å². The second kappa shape index (κ2) is 8.77. The molecule has 0 unspecified atom stereocenters. The van der Waals surface area contributed by atoms with Crippen molar-refractivity contribution in [2.24, 2.45) is 0 Å². The SMILES string of the molecule is CC1(C)O[C@@H]2[C@H](O1)[C@@H](COCc1ccccc1)O[C@@H]2CS(=O)(=O)Cc1ccccc1. The summed E-state index contributed by atoms with van der Waals surface area (Å²) in [5.41, 5.74) is 1.83. The minimum atomic E-state index is -3.38. The standard InChI is InChI=1S/C23H28O6S/c1-23(2)28-21-19(14-26-13-17-9-5-3-6-10-17)27-20(22(21)29-23)16-30(24,25)15-18-11-7-4-8-12-18/h3-12,19-22H,13-16H2,1-2H3/t19-,20-,21-,22+/m1/s1. The first-order chi connectivity index (χ1) is 14.3. The molecular formula is C23H28O6S. The number of sulfone groups is 1. The van der Waals surface area contributed by atoms with E-state index < -0.39 is 27.8 Å². The van der Waals surface area contributed by atoms with Crippen LogP contribution in [0.15, 0.2) is 60.7 Å². The molecule has 0 spiro atoms. The summed E-state index contributed by atoms with van der Waals surface area (Å²) in [6.07, 6.45) is -1.75. The lowest BCUT2D eigenvalue weighted by Crippen LogP contribution is -2.35. The smallest absolute Gasteiger partial charge is 0.164 e. The van der Waals surface area contributed by atoms with E-state index >= 15 is 0 Å². The van der Waals surface area contributed by atoms with Gasteiger partial charge in [-0.2, -0.15) is 0 Å². The van der Waals surface area contributed by atoms with Crippen molar-refractivity contribution in [3.05, 3.63) is 71.8 Å². The van der Waals surface area contributed by atoms with Gasteiger partial charge in [0.2, 0.25) is 0 Å². The Labute approximate surface area is 178 Å². The largest absolute Gasteiger partial charge is 0.374 e. The van der Waals surface area contributed by atoms with Crippen LogP contribution in [-0.4, -0.2) is 51.0 Å². The van der Waals surface area contributed by atoms with E-state index in [4.69, 9.17) is 18.9 Å². The highest BCUT2D eigenvalue weighted by Gasteiger charge is 2.55. The lowest BCUT2D eigenvalue weighted by molar-refractivity contribution is -0.190. The van der Waals surface area contributed by atoms with Crippen LogP contribution in [0.25, 0.3) is 0 Å².